The number of hydrogen-bond donors (Lipinski definition) is 2. The van der Waals surface area contributed by atoms with Crippen LogP contribution in [-0.2, 0) is 9.53 Å². The smallest absolute Gasteiger partial charge is 0.386 e. The molecule has 22 heavy (non-hydrogen) atoms. The number of aliphatic hydroxyl groups excluding tert-OH is 1. The molecule has 0 aliphatic carbocycles. The molecule has 0 aromatic heterocycles. The highest BCUT2D eigenvalue weighted by Crippen LogP contribution is 2.20. The first-order valence-corrected chi connectivity index (χ1v) is 6.20. The van der Waals surface area contributed by atoms with Crippen LogP contribution in [0, 0.1) is 11.6 Å². The Labute approximate surface area is 122 Å². The van der Waals surface area contributed by atoms with Crippen LogP contribution < -0.4 is 5.32 Å². The Morgan fingerprint density at radius 3 is 2.36 bits per heavy atom. The summed E-state index contributed by atoms with van der Waals surface area (Å²) in [4.78, 5) is 11.5. The summed E-state index contributed by atoms with van der Waals surface area (Å²) in [6, 6.07) is 2.96. The summed E-state index contributed by atoms with van der Waals surface area (Å²) in [6.45, 7) is -1.10. The predicted octanol–water partition coefficient (Wildman–Crippen LogP) is 2.08. The fourth-order valence-corrected chi connectivity index (χ4v) is 1.57. The minimum Gasteiger partial charge on any atom is -0.386 e. The van der Waals surface area contributed by atoms with Crippen molar-refractivity contribution in [3.8, 4) is 0 Å². The zero-order valence-electron chi connectivity index (χ0n) is 11.5. The molecule has 0 aliphatic heterocycles. The number of carbonyl (C=O) groups is 1. The van der Waals surface area contributed by atoms with E-state index < -0.39 is 54.6 Å². The highest BCUT2D eigenvalue weighted by atomic mass is 19.4. The molecule has 1 aromatic rings. The van der Waals surface area contributed by atoms with Crippen LogP contribution in [0.2, 0.25) is 0 Å². The zero-order chi connectivity index (χ0) is 16.9. The first-order chi connectivity index (χ1) is 10.1. The van der Waals surface area contributed by atoms with Crippen molar-refractivity contribution in [2.45, 2.75) is 25.3 Å². The predicted molar refractivity (Wildman–Crippen MR) is 65.8 cm³/mol. The lowest BCUT2D eigenvalue weighted by Gasteiger charge is -2.17. The third-order valence-corrected chi connectivity index (χ3v) is 2.67. The summed E-state index contributed by atoms with van der Waals surface area (Å²) in [5, 5.41) is 11.7. The number of benzene rings is 1. The van der Waals surface area contributed by atoms with Gasteiger partial charge in [-0.05, 0) is 19.1 Å². The first-order valence-electron chi connectivity index (χ1n) is 6.20. The van der Waals surface area contributed by atoms with Gasteiger partial charge in [-0.3, -0.25) is 4.79 Å². The second-order valence-electron chi connectivity index (χ2n) is 4.46. The van der Waals surface area contributed by atoms with Gasteiger partial charge in [0.15, 0.2) is 0 Å². The number of hydrogen-bond acceptors (Lipinski definition) is 3. The average molecular weight is 327 g/mol. The van der Waals surface area contributed by atoms with Crippen LogP contribution in [0.1, 0.15) is 18.6 Å². The summed E-state index contributed by atoms with van der Waals surface area (Å²) < 4.78 is 66.8. The van der Waals surface area contributed by atoms with E-state index in [0.29, 0.717) is 0 Å². The SMILES string of the molecule is CC(OCC(F)(F)F)C(=O)NCC(O)c1c(F)cccc1F. The summed E-state index contributed by atoms with van der Waals surface area (Å²) >= 11 is 0. The molecule has 9 heteroatoms. The standard InChI is InChI=1S/C13H14F5NO3/c1-7(22-6-13(16,17)18)12(21)19-5-10(20)11-8(14)3-2-4-9(11)15/h2-4,7,10,20H,5-6H2,1H3,(H,19,21). The minimum absolute atomic E-state index is 0.573. The zero-order valence-corrected chi connectivity index (χ0v) is 11.5. The van der Waals surface area contributed by atoms with Crippen molar-refractivity contribution in [2.75, 3.05) is 13.2 Å². The molecular formula is C13H14F5NO3. The van der Waals surface area contributed by atoms with Gasteiger partial charge in [0.2, 0.25) is 5.91 Å². The molecule has 0 saturated carbocycles. The molecule has 1 amide bonds. The Kier molecular flexibility index (Phi) is 6.24. The lowest BCUT2D eigenvalue weighted by Crippen LogP contribution is -2.38. The molecule has 0 spiro atoms. The maximum atomic E-state index is 13.4. The second-order valence-corrected chi connectivity index (χ2v) is 4.46. The van der Waals surface area contributed by atoms with Crippen molar-refractivity contribution < 1.29 is 36.6 Å². The number of halogens is 5. The number of aliphatic hydroxyl groups is 1. The molecule has 2 N–H and O–H groups in total. The number of ether oxygens (including phenoxy) is 1. The molecule has 1 rings (SSSR count). The molecule has 0 aliphatic rings. The van der Waals surface area contributed by atoms with Gasteiger partial charge in [-0.15, -0.1) is 0 Å². The normalized spacial score (nSPS) is 14.5. The Morgan fingerprint density at radius 1 is 1.32 bits per heavy atom. The highest BCUT2D eigenvalue weighted by Gasteiger charge is 2.30. The van der Waals surface area contributed by atoms with Gasteiger partial charge in [-0.25, -0.2) is 8.78 Å². The molecule has 0 heterocycles. The van der Waals surface area contributed by atoms with Gasteiger partial charge in [-0.2, -0.15) is 13.2 Å². The van der Waals surface area contributed by atoms with Crippen molar-refractivity contribution >= 4 is 5.91 Å². The fourth-order valence-electron chi connectivity index (χ4n) is 1.57. The molecular weight excluding hydrogens is 313 g/mol. The molecule has 1 aromatic carbocycles. The number of carbonyl (C=O) groups excluding carboxylic acids is 1. The molecule has 124 valence electrons. The lowest BCUT2D eigenvalue weighted by molar-refractivity contribution is -0.185. The maximum absolute atomic E-state index is 13.4. The largest absolute Gasteiger partial charge is 0.411 e. The Bertz CT molecular complexity index is 501. The van der Waals surface area contributed by atoms with Crippen LogP contribution in [-0.4, -0.2) is 36.4 Å². The van der Waals surface area contributed by atoms with Crippen LogP contribution in [0.5, 0.6) is 0 Å². The Balaban J connectivity index is 2.53. The fraction of sp³-hybridized carbons (Fsp3) is 0.462. The van der Waals surface area contributed by atoms with Crippen LogP contribution >= 0.6 is 0 Å². The van der Waals surface area contributed by atoms with Gasteiger partial charge in [0.25, 0.3) is 0 Å². The lowest BCUT2D eigenvalue weighted by atomic mass is 10.1. The van der Waals surface area contributed by atoms with E-state index in [4.69, 9.17) is 0 Å². The maximum Gasteiger partial charge on any atom is 0.411 e. The van der Waals surface area contributed by atoms with E-state index in [1.807, 2.05) is 0 Å². The van der Waals surface area contributed by atoms with Crippen molar-refractivity contribution in [2.24, 2.45) is 0 Å². The van der Waals surface area contributed by atoms with Crippen molar-refractivity contribution in [1.82, 2.24) is 5.32 Å². The van der Waals surface area contributed by atoms with Crippen LogP contribution in [0.15, 0.2) is 18.2 Å². The van der Waals surface area contributed by atoms with E-state index >= 15 is 0 Å². The topological polar surface area (TPSA) is 58.6 Å². The molecule has 0 radical (unpaired) electrons. The van der Waals surface area contributed by atoms with Gasteiger partial charge in [-0.1, -0.05) is 6.07 Å². The molecule has 2 unspecified atom stereocenters. The van der Waals surface area contributed by atoms with E-state index in [-0.39, 0.29) is 0 Å². The quantitative estimate of drug-likeness (QED) is 0.787. The van der Waals surface area contributed by atoms with Gasteiger partial charge in [0, 0.05) is 6.54 Å². The molecule has 4 nitrogen and oxygen atoms in total. The van der Waals surface area contributed by atoms with Crippen LogP contribution in [0.4, 0.5) is 22.0 Å². The van der Waals surface area contributed by atoms with E-state index in [9.17, 15) is 31.9 Å². The number of alkyl halides is 3. The van der Waals surface area contributed by atoms with Gasteiger partial charge < -0.3 is 15.2 Å². The van der Waals surface area contributed by atoms with Crippen molar-refractivity contribution in [3.05, 3.63) is 35.4 Å². The molecule has 0 bridgehead atoms. The molecule has 2 atom stereocenters. The number of amides is 1. The molecule has 0 saturated heterocycles. The highest BCUT2D eigenvalue weighted by molar-refractivity contribution is 5.80. The van der Waals surface area contributed by atoms with Crippen molar-refractivity contribution in [3.63, 3.8) is 0 Å². The Morgan fingerprint density at radius 2 is 1.86 bits per heavy atom. The Hall–Kier alpha value is -1.74. The van der Waals surface area contributed by atoms with E-state index in [0.717, 1.165) is 25.1 Å². The van der Waals surface area contributed by atoms with Crippen LogP contribution in [0.25, 0.3) is 0 Å². The van der Waals surface area contributed by atoms with Crippen LogP contribution in [0.3, 0.4) is 0 Å². The minimum atomic E-state index is -4.58. The molecule has 0 fully saturated rings. The number of rotatable bonds is 6. The second kappa shape index (κ2) is 7.50. The van der Waals surface area contributed by atoms with E-state index in [1.54, 1.807) is 0 Å². The van der Waals surface area contributed by atoms with Gasteiger partial charge in [0.05, 0.1) is 5.56 Å². The first kappa shape index (κ1) is 18.3. The third kappa shape index (κ3) is 5.57. The van der Waals surface area contributed by atoms with Crippen molar-refractivity contribution in [1.29, 1.82) is 0 Å². The van der Waals surface area contributed by atoms with Gasteiger partial charge in [0.1, 0.15) is 30.4 Å². The summed E-state index contributed by atoms with van der Waals surface area (Å²) in [7, 11) is 0. The summed E-state index contributed by atoms with van der Waals surface area (Å²) in [5.41, 5.74) is -0.633. The van der Waals surface area contributed by atoms with E-state index in [1.165, 1.54) is 0 Å². The number of nitrogens with one attached hydrogen (secondary N) is 1. The summed E-state index contributed by atoms with van der Waals surface area (Å²) in [5.74, 6) is -2.94. The van der Waals surface area contributed by atoms with E-state index in [2.05, 4.69) is 10.1 Å². The summed E-state index contributed by atoms with van der Waals surface area (Å²) in [6.07, 6.45) is -7.69. The van der Waals surface area contributed by atoms with Gasteiger partial charge >= 0.3 is 6.18 Å². The monoisotopic (exact) mass is 327 g/mol. The average Bonchev–Trinajstić information content (AvgIpc) is 2.41. The third-order valence-electron chi connectivity index (χ3n) is 2.67.